The maximum Gasteiger partial charge on any atom is 0.356 e. The van der Waals surface area contributed by atoms with Gasteiger partial charge in [-0.05, 0) is 43.2 Å². The van der Waals surface area contributed by atoms with E-state index in [-0.39, 0.29) is 11.5 Å². The Bertz CT molecular complexity index is 938. The zero-order valence-corrected chi connectivity index (χ0v) is 13.7. The van der Waals surface area contributed by atoms with E-state index in [4.69, 9.17) is 4.74 Å². The van der Waals surface area contributed by atoms with Crippen molar-refractivity contribution in [1.82, 2.24) is 4.98 Å². The number of hydrogen-bond acceptors (Lipinski definition) is 4. The summed E-state index contributed by atoms with van der Waals surface area (Å²) in [5.74, 6) is -0.805. The van der Waals surface area contributed by atoms with Gasteiger partial charge in [-0.25, -0.2) is 14.2 Å². The maximum absolute atomic E-state index is 13.8. The number of methoxy groups -OCH3 is 1. The quantitative estimate of drug-likeness (QED) is 0.720. The summed E-state index contributed by atoms with van der Waals surface area (Å²) in [4.78, 5) is 16.3. The number of carbonyl (C=O) groups is 1. The van der Waals surface area contributed by atoms with Gasteiger partial charge >= 0.3 is 5.97 Å². The Labute approximate surface area is 139 Å². The van der Waals surface area contributed by atoms with Crippen molar-refractivity contribution < 1.29 is 13.9 Å². The van der Waals surface area contributed by atoms with Crippen LogP contribution >= 0.6 is 0 Å². The van der Waals surface area contributed by atoms with Crippen molar-refractivity contribution in [2.24, 2.45) is 0 Å². The molecule has 0 saturated carbocycles. The van der Waals surface area contributed by atoms with Crippen LogP contribution in [-0.2, 0) is 4.74 Å². The van der Waals surface area contributed by atoms with Crippen LogP contribution in [0.4, 0.5) is 15.8 Å². The second-order valence-corrected chi connectivity index (χ2v) is 5.61. The number of hydrogen-bond donors (Lipinski definition) is 1. The van der Waals surface area contributed by atoms with Gasteiger partial charge in [0.2, 0.25) is 0 Å². The molecule has 5 heteroatoms. The number of pyridine rings is 1. The molecule has 0 fully saturated rings. The van der Waals surface area contributed by atoms with Crippen LogP contribution in [0.2, 0.25) is 0 Å². The molecule has 0 amide bonds. The molecule has 1 aromatic heterocycles. The Balaban J connectivity index is 2.16. The Morgan fingerprint density at radius 2 is 1.92 bits per heavy atom. The van der Waals surface area contributed by atoms with Gasteiger partial charge in [-0.1, -0.05) is 24.3 Å². The molecule has 0 radical (unpaired) electrons. The van der Waals surface area contributed by atoms with Crippen molar-refractivity contribution in [1.29, 1.82) is 0 Å². The lowest BCUT2D eigenvalue weighted by molar-refractivity contribution is 0.0594. The van der Waals surface area contributed by atoms with E-state index in [1.54, 1.807) is 25.1 Å². The lowest BCUT2D eigenvalue weighted by Gasteiger charge is -2.13. The van der Waals surface area contributed by atoms with Crippen molar-refractivity contribution in [2.45, 2.75) is 13.8 Å². The van der Waals surface area contributed by atoms with Gasteiger partial charge in [-0.15, -0.1) is 0 Å². The average molecular weight is 324 g/mol. The molecule has 3 aromatic rings. The highest BCUT2D eigenvalue weighted by atomic mass is 19.1. The van der Waals surface area contributed by atoms with Gasteiger partial charge in [0.25, 0.3) is 0 Å². The van der Waals surface area contributed by atoms with E-state index in [2.05, 4.69) is 10.3 Å². The van der Waals surface area contributed by atoms with Gasteiger partial charge in [0.15, 0.2) is 5.69 Å². The Morgan fingerprint density at radius 3 is 2.62 bits per heavy atom. The number of aryl methyl sites for hydroxylation is 2. The van der Waals surface area contributed by atoms with E-state index >= 15 is 0 Å². The van der Waals surface area contributed by atoms with Crippen LogP contribution in [0.5, 0.6) is 0 Å². The molecule has 2 aromatic carbocycles. The molecule has 0 bridgehead atoms. The van der Waals surface area contributed by atoms with Crippen LogP contribution in [0.1, 0.15) is 21.6 Å². The molecule has 1 N–H and O–H groups in total. The number of fused-ring (bicyclic) bond motifs is 1. The number of halogens is 1. The summed E-state index contributed by atoms with van der Waals surface area (Å²) in [6, 6.07) is 12.3. The molecule has 122 valence electrons. The normalized spacial score (nSPS) is 10.7. The molecular formula is C19H17FN2O2. The van der Waals surface area contributed by atoms with Gasteiger partial charge in [-0.2, -0.15) is 0 Å². The molecule has 0 aliphatic heterocycles. The van der Waals surface area contributed by atoms with Gasteiger partial charge < -0.3 is 10.1 Å². The number of anilines is 2. The first-order chi connectivity index (χ1) is 11.5. The van der Waals surface area contributed by atoms with E-state index < -0.39 is 5.97 Å². The summed E-state index contributed by atoms with van der Waals surface area (Å²) < 4.78 is 18.6. The Kier molecular flexibility index (Phi) is 4.16. The minimum atomic E-state index is -0.515. The standard InChI is InChI=1S/C19H17FN2O2/c1-11-7-8-13(9-15(11)20)21-16-10-17(19(23)24-3)22-18-12(2)5-4-6-14(16)18/h4-10H,1-3H3,(H,21,22). The summed E-state index contributed by atoms with van der Waals surface area (Å²) in [6.45, 7) is 3.63. The monoisotopic (exact) mass is 324 g/mol. The largest absolute Gasteiger partial charge is 0.464 e. The number of nitrogens with one attached hydrogen (secondary N) is 1. The molecule has 0 atom stereocenters. The molecule has 1 heterocycles. The molecule has 4 nitrogen and oxygen atoms in total. The first-order valence-electron chi connectivity index (χ1n) is 7.51. The average Bonchev–Trinajstić information content (AvgIpc) is 2.58. The molecule has 0 aliphatic carbocycles. The zero-order valence-electron chi connectivity index (χ0n) is 13.7. The summed E-state index contributed by atoms with van der Waals surface area (Å²) in [6.07, 6.45) is 0. The Morgan fingerprint density at radius 1 is 1.12 bits per heavy atom. The van der Waals surface area contributed by atoms with Crippen molar-refractivity contribution in [3.63, 3.8) is 0 Å². The number of aromatic nitrogens is 1. The lowest BCUT2D eigenvalue weighted by atomic mass is 10.1. The van der Waals surface area contributed by atoms with E-state index in [1.807, 2.05) is 25.1 Å². The summed E-state index contributed by atoms with van der Waals surface area (Å²) in [5.41, 5.74) is 3.70. The molecule has 0 saturated heterocycles. The second-order valence-electron chi connectivity index (χ2n) is 5.61. The minimum Gasteiger partial charge on any atom is -0.464 e. The zero-order chi connectivity index (χ0) is 17.3. The summed E-state index contributed by atoms with van der Waals surface area (Å²) in [7, 11) is 1.31. The van der Waals surface area contributed by atoms with Crippen molar-refractivity contribution in [2.75, 3.05) is 12.4 Å². The SMILES string of the molecule is COC(=O)c1cc(Nc2ccc(C)c(F)c2)c2cccc(C)c2n1. The third kappa shape index (κ3) is 2.93. The fraction of sp³-hybridized carbons (Fsp3) is 0.158. The fourth-order valence-corrected chi connectivity index (χ4v) is 2.53. The topological polar surface area (TPSA) is 51.2 Å². The molecule has 0 unspecified atom stereocenters. The predicted molar refractivity (Wildman–Crippen MR) is 92.2 cm³/mol. The summed E-state index contributed by atoms with van der Waals surface area (Å²) in [5, 5.41) is 4.02. The van der Waals surface area contributed by atoms with Crippen molar-refractivity contribution in [3.05, 3.63) is 65.1 Å². The van der Waals surface area contributed by atoms with E-state index in [1.165, 1.54) is 13.2 Å². The van der Waals surface area contributed by atoms with Crippen molar-refractivity contribution >= 4 is 28.2 Å². The number of nitrogens with zero attached hydrogens (tertiary/aromatic N) is 1. The van der Waals surface area contributed by atoms with E-state index in [9.17, 15) is 9.18 Å². The number of ether oxygens (including phenoxy) is 1. The maximum atomic E-state index is 13.8. The third-order valence-corrected chi connectivity index (χ3v) is 3.89. The second kappa shape index (κ2) is 6.28. The number of benzene rings is 2. The lowest BCUT2D eigenvalue weighted by Crippen LogP contribution is -2.06. The highest BCUT2D eigenvalue weighted by Crippen LogP contribution is 2.29. The first kappa shape index (κ1) is 15.9. The number of rotatable bonds is 3. The molecule has 24 heavy (non-hydrogen) atoms. The van der Waals surface area contributed by atoms with E-state index in [0.717, 1.165) is 10.9 Å². The molecule has 0 aliphatic rings. The van der Waals surface area contributed by atoms with Gasteiger partial charge in [0, 0.05) is 11.1 Å². The number of para-hydroxylation sites is 1. The van der Waals surface area contributed by atoms with Crippen LogP contribution in [0.3, 0.4) is 0 Å². The summed E-state index contributed by atoms with van der Waals surface area (Å²) >= 11 is 0. The molecule has 3 rings (SSSR count). The predicted octanol–water partition coefficient (Wildman–Crippen LogP) is 4.52. The van der Waals surface area contributed by atoms with Gasteiger partial charge in [0.1, 0.15) is 5.82 Å². The minimum absolute atomic E-state index is 0.203. The first-order valence-corrected chi connectivity index (χ1v) is 7.51. The Hall–Kier alpha value is -2.95. The molecule has 0 spiro atoms. The van der Waals surface area contributed by atoms with Crippen LogP contribution in [0.15, 0.2) is 42.5 Å². The number of carbonyl (C=O) groups excluding carboxylic acids is 1. The van der Waals surface area contributed by atoms with E-state index in [0.29, 0.717) is 22.5 Å². The van der Waals surface area contributed by atoms with Crippen LogP contribution < -0.4 is 5.32 Å². The van der Waals surface area contributed by atoms with Gasteiger partial charge in [-0.3, -0.25) is 0 Å². The third-order valence-electron chi connectivity index (χ3n) is 3.89. The van der Waals surface area contributed by atoms with Crippen LogP contribution in [0, 0.1) is 19.7 Å². The van der Waals surface area contributed by atoms with Crippen molar-refractivity contribution in [3.8, 4) is 0 Å². The smallest absolute Gasteiger partial charge is 0.356 e. The highest BCUT2D eigenvalue weighted by Gasteiger charge is 2.14. The highest BCUT2D eigenvalue weighted by molar-refractivity contribution is 5.99. The van der Waals surface area contributed by atoms with Crippen LogP contribution in [0.25, 0.3) is 10.9 Å². The fourth-order valence-electron chi connectivity index (χ4n) is 2.53. The molecular weight excluding hydrogens is 307 g/mol. The van der Waals surface area contributed by atoms with Gasteiger partial charge in [0.05, 0.1) is 18.3 Å². The van der Waals surface area contributed by atoms with Crippen LogP contribution in [-0.4, -0.2) is 18.1 Å². The number of esters is 1.